The number of rotatable bonds is 8. The number of carbonyl (C=O) groups is 2. The molecule has 1 heterocycles. The molecule has 8 heteroatoms. The second kappa shape index (κ2) is 9.50. The minimum absolute atomic E-state index is 0.116. The van der Waals surface area contributed by atoms with Crippen LogP contribution < -0.4 is 5.32 Å². The fourth-order valence-corrected chi connectivity index (χ4v) is 2.45. The van der Waals surface area contributed by atoms with E-state index in [1.165, 1.54) is 0 Å². The van der Waals surface area contributed by atoms with E-state index in [0.717, 1.165) is 0 Å². The predicted octanol–water partition coefficient (Wildman–Crippen LogP) is 3.73. The number of carbonyl (C=O) groups excluding carboxylic acids is 2. The molecular formula is C19H24ClN3O4. The molecule has 27 heavy (non-hydrogen) atoms. The Bertz CT molecular complexity index is 772. The summed E-state index contributed by atoms with van der Waals surface area (Å²) in [6.45, 7) is 7.66. The van der Waals surface area contributed by atoms with Gasteiger partial charge in [0.05, 0.1) is 0 Å². The van der Waals surface area contributed by atoms with Crippen molar-refractivity contribution in [3.63, 3.8) is 0 Å². The molecule has 0 aliphatic carbocycles. The van der Waals surface area contributed by atoms with Crippen LogP contribution in [0.2, 0.25) is 5.02 Å². The molecule has 1 N–H and O–H groups in total. The van der Waals surface area contributed by atoms with Gasteiger partial charge >= 0.3 is 5.97 Å². The van der Waals surface area contributed by atoms with Crippen LogP contribution in [-0.4, -0.2) is 28.1 Å². The van der Waals surface area contributed by atoms with Gasteiger partial charge in [0, 0.05) is 16.5 Å². The van der Waals surface area contributed by atoms with E-state index in [1.54, 1.807) is 24.3 Å². The first kappa shape index (κ1) is 20.9. The molecule has 146 valence electrons. The van der Waals surface area contributed by atoms with Crippen LogP contribution in [-0.2, 0) is 16.1 Å². The first-order chi connectivity index (χ1) is 12.8. The summed E-state index contributed by atoms with van der Waals surface area (Å²) < 4.78 is 10.3. The Balaban J connectivity index is 1.99. The van der Waals surface area contributed by atoms with E-state index in [0.29, 0.717) is 22.8 Å². The van der Waals surface area contributed by atoms with Crippen LogP contribution in [0.1, 0.15) is 62.1 Å². The predicted molar refractivity (Wildman–Crippen MR) is 100 cm³/mol. The van der Waals surface area contributed by atoms with Gasteiger partial charge in [0.25, 0.3) is 11.8 Å². The number of nitrogens with zero attached hydrogens (tertiary/aromatic N) is 2. The van der Waals surface area contributed by atoms with Crippen molar-refractivity contribution >= 4 is 23.5 Å². The van der Waals surface area contributed by atoms with Gasteiger partial charge in [-0.3, -0.25) is 4.79 Å². The quantitative estimate of drug-likeness (QED) is 0.686. The summed E-state index contributed by atoms with van der Waals surface area (Å²) in [5.41, 5.74) is 0.416. The van der Waals surface area contributed by atoms with Crippen LogP contribution in [0, 0.1) is 5.92 Å². The van der Waals surface area contributed by atoms with Gasteiger partial charge in [0.2, 0.25) is 0 Å². The molecule has 0 saturated heterocycles. The highest BCUT2D eigenvalue weighted by Crippen LogP contribution is 2.13. The maximum Gasteiger partial charge on any atom is 0.329 e. The highest BCUT2D eigenvalue weighted by atomic mass is 35.5. The molecule has 1 amide bonds. The van der Waals surface area contributed by atoms with Gasteiger partial charge in [-0.15, -0.1) is 0 Å². The monoisotopic (exact) mass is 393 g/mol. The Morgan fingerprint density at radius 3 is 2.41 bits per heavy atom. The Morgan fingerprint density at radius 1 is 1.19 bits per heavy atom. The van der Waals surface area contributed by atoms with Crippen molar-refractivity contribution in [2.45, 2.75) is 52.7 Å². The third-order valence-corrected chi connectivity index (χ3v) is 3.99. The molecular weight excluding hydrogens is 370 g/mol. The van der Waals surface area contributed by atoms with Gasteiger partial charge in [0.15, 0.2) is 12.4 Å². The fourth-order valence-electron chi connectivity index (χ4n) is 2.32. The van der Waals surface area contributed by atoms with E-state index in [2.05, 4.69) is 15.5 Å². The summed E-state index contributed by atoms with van der Waals surface area (Å²) in [5, 5.41) is 7.08. The number of benzene rings is 1. The number of hydrogen-bond acceptors (Lipinski definition) is 6. The average molecular weight is 394 g/mol. The molecule has 0 aliphatic heterocycles. The zero-order valence-electron chi connectivity index (χ0n) is 15.9. The molecule has 1 aromatic carbocycles. The zero-order chi connectivity index (χ0) is 20.0. The Hall–Kier alpha value is -2.41. The van der Waals surface area contributed by atoms with Crippen LogP contribution in [0.15, 0.2) is 28.8 Å². The third kappa shape index (κ3) is 6.36. The van der Waals surface area contributed by atoms with E-state index in [4.69, 9.17) is 20.9 Å². The van der Waals surface area contributed by atoms with Crippen molar-refractivity contribution in [1.82, 2.24) is 15.5 Å². The molecule has 0 saturated carbocycles. The van der Waals surface area contributed by atoms with Crippen molar-refractivity contribution < 1.29 is 18.8 Å². The normalized spacial score (nSPS) is 12.3. The van der Waals surface area contributed by atoms with Crippen molar-refractivity contribution in [1.29, 1.82) is 0 Å². The van der Waals surface area contributed by atoms with E-state index >= 15 is 0 Å². The lowest BCUT2D eigenvalue weighted by Crippen LogP contribution is -2.42. The first-order valence-corrected chi connectivity index (χ1v) is 9.19. The van der Waals surface area contributed by atoms with E-state index in [1.807, 2.05) is 27.7 Å². The topological polar surface area (TPSA) is 94.3 Å². The molecule has 0 bridgehead atoms. The van der Waals surface area contributed by atoms with Crippen molar-refractivity contribution in [3.05, 3.63) is 46.6 Å². The van der Waals surface area contributed by atoms with Gasteiger partial charge in [-0.05, 0) is 36.6 Å². The minimum Gasteiger partial charge on any atom is -0.454 e. The summed E-state index contributed by atoms with van der Waals surface area (Å²) in [4.78, 5) is 29.0. The lowest BCUT2D eigenvalue weighted by molar-refractivity contribution is -0.148. The van der Waals surface area contributed by atoms with Gasteiger partial charge in [0.1, 0.15) is 6.04 Å². The summed E-state index contributed by atoms with van der Waals surface area (Å²) in [6.07, 6.45) is 0.444. The second-order valence-electron chi connectivity index (χ2n) is 6.97. The molecule has 2 rings (SSSR count). The minimum atomic E-state index is -0.777. The standard InChI is InChI=1S/C19H24ClN3O4/c1-11(2)9-15(21-18(24)13-5-7-14(20)8-6-13)19(25)26-10-16-22-17(12(3)4)23-27-16/h5-8,11-12,15H,9-10H2,1-4H3,(H,21,24). The second-order valence-corrected chi connectivity index (χ2v) is 7.41. The maximum absolute atomic E-state index is 12.5. The third-order valence-electron chi connectivity index (χ3n) is 3.74. The molecule has 1 atom stereocenters. The molecule has 7 nitrogen and oxygen atoms in total. The Labute approximate surface area is 163 Å². The lowest BCUT2D eigenvalue weighted by atomic mass is 10.0. The number of hydrogen-bond donors (Lipinski definition) is 1. The lowest BCUT2D eigenvalue weighted by Gasteiger charge is -2.19. The van der Waals surface area contributed by atoms with Gasteiger partial charge < -0.3 is 14.6 Å². The molecule has 0 spiro atoms. The molecule has 0 fully saturated rings. The van der Waals surface area contributed by atoms with Crippen LogP contribution in [0.4, 0.5) is 0 Å². The number of esters is 1. The Morgan fingerprint density at radius 2 is 1.85 bits per heavy atom. The van der Waals surface area contributed by atoms with E-state index in [-0.39, 0.29) is 30.2 Å². The number of aromatic nitrogens is 2. The SMILES string of the molecule is CC(C)CC(NC(=O)c1ccc(Cl)cc1)C(=O)OCc1nc(C(C)C)no1. The smallest absolute Gasteiger partial charge is 0.329 e. The van der Waals surface area contributed by atoms with Crippen LogP contribution in [0.3, 0.4) is 0 Å². The number of halogens is 1. The number of ether oxygens (including phenoxy) is 1. The molecule has 1 aromatic heterocycles. The van der Waals surface area contributed by atoms with Crippen LogP contribution in [0.5, 0.6) is 0 Å². The van der Waals surface area contributed by atoms with Crippen LogP contribution >= 0.6 is 11.6 Å². The highest BCUT2D eigenvalue weighted by Gasteiger charge is 2.25. The van der Waals surface area contributed by atoms with Gasteiger partial charge in [-0.25, -0.2) is 4.79 Å². The number of amides is 1. The van der Waals surface area contributed by atoms with Crippen molar-refractivity contribution in [2.75, 3.05) is 0 Å². The van der Waals surface area contributed by atoms with E-state index < -0.39 is 12.0 Å². The summed E-state index contributed by atoms with van der Waals surface area (Å²) >= 11 is 5.84. The fraction of sp³-hybridized carbons (Fsp3) is 0.474. The summed E-state index contributed by atoms with van der Waals surface area (Å²) in [5.74, 6) is 0.161. The van der Waals surface area contributed by atoms with Gasteiger partial charge in [-0.1, -0.05) is 44.5 Å². The van der Waals surface area contributed by atoms with Crippen molar-refractivity contribution in [2.24, 2.45) is 5.92 Å². The van der Waals surface area contributed by atoms with E-state index in [9.17, 15) is 9.59 Å². The maximum atomic E-state index is 12.5. The average Bonchev–Trinajstić information content (AvgIpc) is 3.08. The molecule has 0 radical (unpaired) electrons. The van der Waals surface area contributed by atoms with Crippen molar-refractivity contribution in [3.8, 4) is 0 Å². The Kier molecular flexibility index (Phi) is 7.36. The summed E-state index contributed by atoms with van der Waals surface area (Å²) in [7, 11) is 0. The number of nitrogens with one attached hydrogen (secondary N) is 1. The van der Waals surface area contributed by atoms with Crippen LogP contribution in [0.25, 0.3) is 0 Å². The van der Waals surface area contributed by atoms with Gasteiger partial charge in [-0.2, -0.15) is 4.98 Å². The summed E-state index contributed by atoms with van der Waals surface area (Å²) in [6, 6.07) is 5.66. The molecule has 1 unspecified atom stereocenters. The molecule has 2 aromatic rings. The highest BCUT2D eigenvalue weighted by molar-refractivity contribution is 6.30. The first-order valence-electron chi connectivity index (χ1n) is 8.81. The molecule has 0 aliphatic rings. The zero-order valence-corrected chi connectivity index (χ0v) is 16.6. The largest absolute Gasteiger partial charge is 0.454 e.